The predicted molar refractivity (Wildman–Crippen MR) is 57.5 cm³/mol. The number of hydrogen-bond donors (Lipinski definition) is 3. The number of hydrogen-bond acceptors (Lipinski definition) is 1. The minimum atomic E-state index is -0.0194. The Labute approximate surface area is 81.0 Å². The molecule has 0 aliphatic carbocycles. The lowest BCUT2D eigenvalue weighted by Gasteiger charge is -2.36. The van der Waals surface area contributed by atoms with Gasteiger partial charge in [-0.3, -0.25) is 10.7 Å². The molecule has 3 N–H and O–H groups in total. The van der Waals surface area contributed by atoms with E-state index in [0.29, 0.717) is 0 Å². The molecule has 2 nitrogen and oxygen atoms in total. The van der Waals surface area contributed by atoms with Crippen LogP contribution in [0.15, 0.2) is 0 Å². The first-order valence-corrected chi connectivity index (χ1v) is 4.67. The van der Waals surface area contributed by atoms with E-state index < -0.39 is 0 Å². The summed E-state index contributed by atoms with van der Waals surface area (Å²) in [5.74, 6) is 0.821. The smallest absolute Gasteiger partial charge is 0.240 e. The van der Waals surface area contributed by atoms with Crippen molar-refractivity contribution in [1.29, 1.82) is 0 Å². The average molecular weight is 189 g/mol. The van der Waals surface area contributed by atoms with Crippen LogP contribution in [0.25, 0.3) is 0 Å². The van der Waals surface area contributed by atoms with Crippen molar-refractivity contribution in [3.05, 3.63) is 0 Å². The molecule has 3 heteroatoms. The van der Waals surface area contributed by atoms with E-state index in [-0.39, 0.29) is 10.2 Å². The van der Waals surface area contributed by atoms with Crippen molar-refractivity contribution in [1.82, 2.24) is 0 Å². The van der Waals surface area contributed by atoms with Gasteiger partial charge in [-0.25, -0.2) is 0 Å². The second-order valence-corrected chi connectivity index (χ2v) is 5.51. The van der Waals surface area contributed by atoms with Gasteiger partial charge in [0, 0.05) is 4.75 Å². The summed E-state index contributed by atoms with van der Waals surface area (Å²) in [6.07, 6.45) is 0.847. The van der Waals surface area contributed by atoms with E-state index in [1.807, 2.05) is 7.05 Å². The molecular weight excluding hydrogens is 168 g/mol. The van der Waals surface area contributed by atoms with Gasteiger partial charge in [0.05, 0.1) is 13.5 Å². The molecule has 0 saturated carbocycles. The Bertz CT molecular complexity index is 177. The van der Waals surface area contributed by atoms with E-state index in [2.05, 4.69) is 45.3 Å². The number of nitrogens with two attached hydrogens (primary N) is 1. The highest BCUT2D eigenvalue weighted by molar-refractivity contribution is 7.81. The van der Waals surface area contributed by atoms with Crippen LogP contribution in [0.3, 0.4) is 0 Å². The summed E-state index contributed by atoms with van der Waals surface area (Å²) < 4.78 is -0.0194. The second-order valence-electron chi connectivity index (χ2n) is 4.39. The van der Waals surface area contributed by atoms with Crippen molar-refractivity contribution in [2.24, 2.45) is 11.1 Å². The molecule has 0 fully saturated rings. The summed E-state index contributed by atoms with van der Waals surface area (Å²) in [7, 11) is 1.84. The van der Waals surface area contributed by atoms with E-state index in [9.17, 15) is 0 Å². The number of amidine groups is 1. The minimum Gasteiger partial charge on any atom is -0.291 e. The number of rotatable bonds is 3. The van der Waals surface area contributed by atoms with Crippen molar-refractivity contribution in [2.75, 3.05) is 7.05 Å². The third kappa shape index (κ3) is 3.05. The second kappa shape index (κ2) is 3.69. The van der Waals surface area contributed by atoms with Gasteiger partial charge in [-0.2, -0.15) is 12.6 Å². The van der Waals surface area contributed by atoms with E-state index in [0.717, 1.165) is 12.3 Å². The quantitative estimate of drug-likeness (QED) is 0.331. The van der Waals surface area contributed by atoms with Crippen molar-refractivity contribution in [3.8, 4) is 0 Å². The Morgan fingerprint density at radius 2 is 1.75 bits per heavy atom. The maximum absolute atomic E-state index is 5.73. The van der Waals surface area contributed by atoms with Crippen LogP contribution < -0.4 is 10.7 Å². The molecule has 0 aromatic carbocycles. The van der Waals surface area contributed by atoms with E-state index in [1.165, 1.54) is 0 Å². The fourth-order valence-corrected chi connectivity index (χ4v) is 0.860. The Morgan fingerprint density at radius 3 is 2.00 bits per heavy atom. The van der Waals surface area contributed by atoms with Gasteiger partial charge in [-0.1, -0.05) is 27.7 Å². The van der Waals surface area contributed by atoms with Crippen molar-refractivity contribution >= 4 is 18.5 Å². The Kier molecular flexibility index (Phi) is 3.63. The Balaban J connectivity index is 4.44. The average Bonchev–Trinajstić information content (AvgIpc) is 1.84. The van der Waals surface area contributed by atoms with Crippen LogP contribution in [-0.2, 0) is 0 Å². The Morgan fingerprint density at radius 1 is 1.33 bits per heavy atom. The zero-order valence-electron chi connectivity index (χ0n) is 8.73. The summed E-state index contributed by atoms with van der Waals surface area (Å²) in [6.45, 7) is 8.56. The van der Waals surface area contributed by atoms with Crippen LogP contribution >= 0.6 is 12.6 Å². The van der Waals surface area contributed by atoms with E-state index >= 15 is 0 Å². The van der Waals surface area contributed by atoms with E-state index in [4.69, 9.17) is 5.73 Å². The van der Waals surface area contributed by atoms with Gasteiger partial charge in [0.2, 0.25) is 5.84 Å². The maximum Gasteiger partial charge on any atom is 0.240 e. The summed E-state index contributed by atoms with van der Waals surface area (Å²) in [6, 6.07) is 0. The van der Waals surface area contributed by atoms with Crippen LogP contribution in [-0.4, -0.2) is 17.6 Å². The fourth-order valence-electron chi connectivity index (χ4n) is 0.781. The van der Waals surface area contributed by atoms with Crippen LogP contribution in [0, 0.1) is 5.41 Å². The topological polar surface area (TPSA) is 40.0 Å². The number of nitrogens with one attached hydrogen (secondary N) is 1. The highest BCUT2D eigenvalue weighted by Crippen LogP contribution is 2.38. The first kappa shape index (κ1) is 11.8. The van der Waals surface area contributed by atoms with Gasteiger partial charge in [0.15, 0.2) is 0 Å². The van der Waals surface area contributed by atoms with Crippen LogP contribution in [0.1, 0.15) is 34.1 Å². The Hall–Kier alpha value is -0.180. The van der Waals surface area contributed by atoms with Gasteiger partial charge >= 0.3 is 0 Å². The molecule has 0 bridgehead atoms. The fraction of sp³-hybridized carbons (Fsp3) is 0.889. The van der Waals surface area contributed by atoms with Crippen molar-refractivity contribution in [2.45, 2.75) is 38.9 Å². The molecule has 0 rings (SSSR count). The molecule has 0 amide bonds. The maximum atomic E-state index is 5.73. The molecule has 72 valence electrons. The molecule has 0 aromatic heterocycles. The molecule has 0 aliphatic rings. The summed E-state index contributed by atoms with van der Waals surface area (Å²) in [4.78, 5) is 2.95. The van der Waals surface area contributed by atoms with Crippen LogP contribution in [0.2, 0.25) is 0 Å². The molecule has 0 atom stereocenters. The zero-order chi connectivity index (χ0) is 9.99. The van der Waals surface area contributed by atoms with Crippen molar-refractivity contribution in [3.63, 3.8) is 0 Å². The first-order chi connectivity index (χ1) is 5.20. The van der Waals surface area contributed by atoms with Gasteiger partial charge in [0.1, 0.15) is 0 Å². The highest BCUT2D eigenvalue weighted by Gasteiger charge is 2.35. The minimum absolute atomic E-state index is 0.0194. The van der Waals surface area contributed by atoms with Gasteiger partial charge in [-0.15, -0.1) is 0 Å². The largest absolute Gasteiger partial charge is 0.291 e. The molecule has 0 aliphatic heterocycles. The third-order valence-corrected chi connectivity index (χ3v) is 3.22. The lowest BCUT2D eigenvalue weighted by atomic mass is 9.77. The predicted octanol–water partition coefficient (Wildman–Crippen LogP) is 0.179. The molecular formula is C9H21N2S+. The van der Waals surface area contributed by atoms with E-state index in [1.54, 1.807) is 0 Å². The van der Waals surface area contributed by atoms with Crippen molar-refractivity contribution < 1.29 is 4.99 Å². The molecule has 0 heterocycles. The number of thiol groups is 1. The lowest BCUT2D eigenvalue weighted by Crippen LogP contribution is -2.71. The van der Waals surface area contributed by atoms with Crippen LogP contribution in [0.5, 0.6) is 0 Å². The van der Waals surface area contributed by atoms with Crippen LogP contribution in [0.4, 0.5) is 0 Å². The molecule has 0 aromatic rings. The molecule has 0 unspecified atom stereocenters. The summed E-state index contributed by atoms with van der Waals surface area (Å²) in [5, 5.41) is 0. The highest BCUT2D eigenvalue weighted by atomic mass is 32.1. The summed E-state index contributed by atoms with van der Waals surface area (Å²) >= 11 is 4.55. The zero-order valence-corrected chi connectivity index (χ0v) is 9.63. The van der Waals surface area contributed by atoms with Gasteiger partial charge < -0.3 is 0 Å². The normalized spacial score (nSPS) is 15.0. The SMILES string of the molecule is C[NH+]=C(N)CC(C)(C)C(C)(C)S. The monoisotopic (exact) mass is 189 g/mol. The van der Waals surface area contributed by atoms with Gasteiger partial charge in [0.25, 0.3) is 0 Å². The molecule has 12 heavy (non-hydrogen) atoms. The first-order valence-electron chi connectivity index (χ1n) is 4.22. The molecule has 0 spiro atoms. The summed E-state index contributed by atoms with van der Waals surface area (Å²) in [5.41, 5.74) is 5.83. The van der Waals surface area contributed by atoms with Gasteiger partial charge in [-0.05, 0) is 5.41 Å². The standard InChI is InChI=1S/C9H20N2S/c1-8(2,9(3,4)12)6-7(10)11-5/h12H,6H2,1-5H3,(H2,10,11)/p+1. The molecule has 0 saturated heterocycles. The third-order valence-electron chi connectivity index (χ3n) is 2.61. The lowest BCUT2D eigenvalue weighted by molar-refractivity contribution is -0.423. The molecule has 0 radical (unpaired) electrons.